The Bertz CT molecular complexity index is 651. The molecule has 3 aliphatic rings. The van der Waals surface area contributed by atoms with E-state index in [1.165, 1.54) is 38.6 Å². The van der Waals surface area contributed by atoms with E-state index in [-0.39, 0.29) is 24.0 Å². The Kier molecular flexibility index (Phi) is 9.86. The topological polar surface area (TPSA) is 69.4 Å². The van der Waals surface area contributed by atoms with E-state index in [2.05, 4.69) is 30.2 Å². The van der Waals surface area contributed by atoms with Crippen LogP contribution in [0.15, 0.2) is 21.8 Å². The SMILES string of the molecule is CN=C(NCC1(CN2CCOCC2)CCCCC1)N1CCN(Cc2ccon2)CC1.I. The molecule has 8 nitrogen and oxygen atoms in total. The first kappa shape index (κ1) is 24.7. The molecular weight excluding hydrogens is 507 g/mol. The fourth-order valence-electron chi connectivity index (χ4n) is 5.19. The van der Waals surface area contributed by atoms with E-state index in [0.29, 0.717) is 5.41 Å². The summed E-state index contributed by atoms with van der Waals surface area (Å²) in [7, 11) is 1.92. The smallest absolute Gasteiger partial charge is 0.193 e. The Morgan fingerprint density at radius 1 is 1.06 bits per heavy atom. The fourth-order valence-corrected chi connectivity index (χ4v) is 5.19. The van der Waals surface area contributed by atoms with Crippen molar-refractivity contribution in [3.63, 3.8) is 0 Å². The minimum absolute atomic E-state index is 0. The number of hydrogen-bond acceptors (Lipinski definition) is 6. The molecule has 176 valence electrons. The molecule has 2 aliphatic heterocycles. The molecule has 0 bridgehead atoms. The predicted molar refractivity (Wildman–Crippen MR) is 133 cm³/mol. The highest BCUT2D eigenvalue weighted by molar-refractivity contribution is 14.0. The maximum absolute atomic E-state index is 5.56. The molecule has 3 heterocycles. The minimum Gasteiger partial charge on any atom is -0.379 e. The molecule has 1 aliphatic carbocycles. The number of aromatic nitrogens is 1. The Morgan fingerprint density at radius 2 is 1.81 bits per heavy atom. The van der Waals surface area contributed by atoms with Crippen LogP contribution >= 0.6 is 24.0 Å². The molecule has 1 aromatic heterocycles. The van der Waals surface area contributed by atoms with Crippen LogP contribution in [0.5, 0.6) is 0 Å². The van der Waals surface area contributed by atoms with Gasteiger partial charge >= 0.3 is 0 Å². The van der Waals surface area contributed by atoms with E-state index in [1.54, 1.807) is 6.26 Å². The van der Waals surface area contributed by atoms with Crippen LogP contribution in [0, 0.1) is 5.41 Å². The first-order valence-electron chi connectivity index (χ1n) is 11.6. The van der Waals surface area contributed by atoms with Gasteiger partial charge in [0.25, 0.3) is 0 Å². The number of hydrogen-bond donors (Lipinski definition) is 1. The van der Waals surface area contributed by atoms with Crippen LogP contribution in [-0.2, 0) is 11.3 Å². The Balaban J connectivity index is 0.00000272. The van der Waals surface area contributed by atoms with E-state index in [9.17, 15) is 0 Å². The normalized spacial score (nSPS) is 23.4. The number of piperazine rings is 1. The van der Waals surface area contributed by atoms with Gasteiger partial charge in [-0.05, 0) is 12.8 Å². The number of rotatable bonds is 6. The molecule has 3 fully saturated rings. The maximum Gasteiger partial charge on any atom is 0.193 e. The standard InChI is InChI=1S/C22H38N6O2.HI/c1-23-21(28-10-8-26(9-11-28)17-20-5-14-30-25-20)24-18-22(6-3-2-4-7-22)19-27-12-15-29-16-13-27;/h5,14H,2-4,6-13,15-19H2,1H3,(H,23,24);1H. The molecule has 0 atom stereocenters. The summed E-state index contributed by atoms with van der Waals surface area (Å²) in [6.07, 6.45) is 8.37. The molecule has 0 amide bonds. The number of ether oxygens (including phenoxy) is 1. The lowest BCUT2D eigenvalue weighted by atomic mass is 9.73. The second-order valence-electron chi connectivity index (χ2n) is 9.10. The van der Waals surface area contributed by atoms with Crippen LogP contribution in [0.1, 0.15) is 37.8 Å². The highest BCUT2D eigenvalue weighted by Crippen LogP contribution is 2.36. The molecule has 1 N–H and O–H groups in total. The number of morpholine rings is 1. The summed E-state index contributed by atoms with van der Waals surface area (Å²) in [6.45, 7) is 11.0. The van der Waals surface area contributed by atoms with Crippen molar-refractivity contribution in [1.82, 2.24) is 25.2 Å². The van der Waals surface area contributed by atoms with Gasteiger partial charge in [-0.3, -0.25) is 14.8 Å². The first-order valence-corrected chi connectivity index (χ1v) is 11.6. The van der Waals surface area contributed by atoms with Gasteiger partial charge in [0.05, 0.1) is 18.9 Å². The van der Waals surface area contributed by atoms with Gasteiger partial charge in [0.2, 0.25) is 0 Å². The maximum atomic E-state index is 5.56. The third-order valence-corrected chi connectivity index (χ3v) is 6.96. The van der Waals surface area contributed by atoms with Gasteiger partial charge in [-0.2, -0.15) is 0 Å². The summed E-state index contributed by atoms with van der Waals surface area (Å²) in [6, 6.07) is 1.95. The van der Waals surface area contributed by atoms with Crippen molar-refractivity contribution in [2.75, 3.05) is 72.6 Å². The number of halogens is 1. The van der Waals surface area contributed by atoms with Gasteiger partial charge in [-0.15, -0.1) is 24.0 Å². The van der Waals surface area contributed by atoms with Gasteiger partial charge in [-0.25, -0.2) is 0 Å². The largest absolute Gasteiger partial charge is 0.379 e. The summed E-state index contributed by atoms with van der Waals surface area (Å²) in [5, 5.41) is 7.81. The lowest BCUT2D eigenvalue weighted by Gasteiger charge is -2.43. The van der Waals surface area contributed by atoms with Crippen LogP contribution in [0.4, 0.5) is 0 Å². The van der Waals surface area contributed by atoms with Gasteiger partial charge < -0.3 is 19.5 Å². The summed E-state index contributed by atoms with van der Waals surface area (Å²) in [5.74, 6) is 1.06. The van der Waals surface area contributed by atoms with Gasteiger partial charge in [0.15, 0.2) is 5.96 Å². The Hall–Kier alpha value is -0.910. The van der Waals surface area contributed by atoms with Crippen molar-refractivity contribution in [3.05, 3.63) is 18.0 Å². The van der Waals surface area contributed by atoms with Crippen LogP contribution in [0.3, 0.4) is 0 Å². The van der Waals surface area contributed by atoms with Crippen LogP contribution in [-0.4, -0.2) is 98.4 Å². The van der Waals surface area contributed by atoms with Crippen LogP contribution < -0.4 is 5.32 Å². The third-order valence-electron chi connectivity index (χ3n) is 6.96. The average Bonchev–Trinajstić information content (AvgIpc) is 3.30. The van der Waals surface area contributed by atoms with Crippen molar-refractivity contribution in [3.8, 4) is 0 Å². The highest BCUT2D eigenvalue weighted by atomic mass is 127. The van der Waals surface area contributed by atoms with E-state index in [0.717, 1.165) is 77.2 Å². The molecule has 4 rings (SSSR count). The average molecular weight is 546 g/mol. The molecular formula is C22H39IN6O2. The van der Waals surface area contributed by atoms with Crippen LogP contribution in [0.2, 0.25) is 0 Å². The molecule has 9 heteroatoms. The fraction of sp³-hybridized carbons (Fsp3) is 0.818. The number of aliphatic imine (C=N–C) groups is 1. The first-order chi connectivity index (χ1) is 14.8. The molecule has 1 aromatic rings. The molecule has 2 saturated heterocycles. The molecule has 1 saturated carbocycles. The predicted octanol–water partition coefficient (Wildman–Crippen LogP) is 2.27. The van der Waals surface area contributed by atoms with Crippen molar-refractivity contribution in [1.29, 1.82) is 0 Å². The van der Waals surface area contributed by atoms with E-state index < -0.39 is 0 Å². The zero-order valence-corrected chi connectivity index (χ0v) is 21.3. The quantitative estimate of drug-likeness (QED) is 0.334. The van der Waals surface area contributed by atoms with Crippen molar-refractivity contribution in [2.45, 2.75) is 38.6 Å². The summed E-state index contributed by atoms with van der Waals surface area (Å²) >= 11 is 0. The number of guanidine groups is 1. The summed E-state index contributed by atoms with van der Waals surface area (Å²) in [5.41, 5.74) is 1.37. The zero-order valence-electron chi connectivity index (χ0n) is 18.9. The molecule has 0 aromatic carbocycles. The Morgan fingerprint density at radius 3 is 2.45 bits per heavy atom. The monoisotopic (exact) mass is 546 g/mol. The zero-order chi connectivity index (χ0) is 20.7. The highest BCUT2D eigenvalue weighted by Gasteiger charge is 2.35. The number of nitrogens with one attached hydrogen (secondary N) is 1. The molecule has 0 unspecified atom stereocenters. The second-order valence-corrected chi connectivity index (χ2v) is 9.10. The van der Waals surface area contributed by atoms with E-state index >= 15 is 0 Å². The van der Waals surface area contributed by atoms with E-state index in [4.69, 9.17) is 9.26 Å². The van der Waals surface area contributed by atoms with Crippen molar-refractivity contribution in [2.24, 2.45) is 10.4 Å². The lowest BCUT2D eigenvalue weighted by Crippen LogP contribution is -2.55. The van der Waals surface area contributed by atoms with Crippen molar-refractivity contribution < 1.29 is 9.26 Å². The van der Waals surface area contributed by atoms with Gasteiger partial charge in [0, 0.05) is 77.4 Å². The molecule has 31 heavy (non-hydrogen) atoms. The van der Waals surface area contributed by atoms with Gasteiger partial charge in [-0.1, -0.05) is 24.4 Å². The summed E-state index contributed by atoms with van der Waals surface area (Å²) < 4.78 is 10.5. The lowest BCUT2D eigenvalue weighted by molar-refractivity contribution is 0.00802. The third kappa shape index (κ3) is 7.03. The minimum atomic E-state index is 0. The van der Waals surface area contributed by atoms with Gasteiger partial charge in [0.1, 0.15) is 6.26 Å². The number of nitrogens with zero attached hydrogens (tertiary/aromatic N) is 5. The van der Waals surface area contributed by atoms with Crippen molar-refractivity contribution >= 4 is 29.9 Å². The molecule has 0 spiro atoms. The Labute approximate surface area is 203 Å². The summed E-state index contributed by atoms with van der Waals surface area (Å²) in [4.78, 5) is 12.1. The second kappa shape index (κ2) is 12.4. The molecule has 0 radical (unpaired) electrons. The van der Waals surface area contributed by atoms with Crippen LogP contribution in [0.25, 0.3) is 0 Å². The van der Waals surface area contributed by atoms with E-state index in [1.807, 2.05) is 13.1 Å².